The number of nitrogens with zero attached hydrogens (tertiary/aromatic N) is 1. The predicted molar refractivity (Wildman–Crippen MR) is 46.2 cm³/mol. The fourth-order valence-corrected chi connectivity index (χ4v) is 1.46. The zero-order valence-corrected chi connectivity index (χ0v) is 6.83. The molecule has 11 heavy (non-hydrogen) atoms. The molecule has 0 saturated carbocycles. The highest BCUT2D eigenvalue weighted by molar-refractivity contribution is 5.55. The van der Waals surface area contributed by atoms with Crippen molar-refractivity contribution in [3.63, 3.8) is 0 Å². The van der Waals surface area contributed by atoms with Crippen molar-refractivity contribution >= 4 is 5.69 Å². The summed E-state index contributed by atoms with van der Waals surface area (Å²) in [6.07, 6.45) is 0. The highest BCUT2D eigenvalue weighted by atomic mass is 15.5. The third-order valence-corrected chi connectivity index (χ3v) is 2.29. The molecule has 0 radical (unpaired) electrons. The quantitative estimate of drug-likeness (QED) is 0.605. The number of nitrogens with one attached hydrogen (secondary N) is 1. The van der Waals surface area contributed by atoms with Crippen LogP contribution in [-0.4, -0.2) is 12.1 Å². The molecule has 1 heterocycles. The summed E-state index contributed by atoms with van der Waals surface area (Å²) in [6.45, 7) is 2.19. The minimum absolute atomic E-state index is 0.492. The van der Waals surface area contributed by atoms with Crippen molar-refractivity contribution in [2.45, 2.75) is 13.0 Å². The Bertz CT molecular complexity index is 270. The molecule has 1 aliphatic rings. The Balaban J connectivity index is 2.47. The summed E-state index contributed by atoms with van der Waals surface area (Å²) in [5.41, 5.74) is 5.90. The first-order valence-electron chi connectivity index (χ1n) is 3.87. The number of hydrogen-bond acceptors (Lipinski definition) is 2. The van der Waals surface area contributed by atoms with Crippen molar-refractivity contribution < 1.29 is 0 Å². The monoisotopic (exact) mass is 148 g/mol. The van der Waals surface area contributed by atoms with Gasteiger partial charge in [-0.15, -0.1) is 0 Å². The smallest absolute Gasteiger partial charge is 0.0538 e. The van der Waals surface area contributed by atoms with E-state index in [0.717, 1.165) is 0 Å². The molecule has 1 N–H and O–H groups in total. The lowest BCUT2D eigenvalue weighted by Crippen LogP contribution is -2.20. The van der Waals surface area contributed by atoms with Crippen molar-refractivity contribution in [2.75, 3.05) is 12.5 Å². The SMILES string of the molecule is CC1c2ccccc2NN1C. The molecular formula is C9H12N2. The van der Waals surface area contributed by atoms with Crippen LogP contribution >= 0.6 is 0 Å². The second kappa shape index (κ2) is 2.24. The Kier molecular flexibility index (Phi) is 1.36. The zero-order chi connectivity index (χ0) is 7.84. The minimum atomic E-state index is 0.492. The predicted octanol–water partition coefficient (Wildman–Crippen LogP) is 2.02. The van der Waals surface area contributed by atoms with Gasteiger partial charge in [-0.05, 0) is 18.6 Å². The molecule has 0 fully saturated rings. The summed E-state index contributed by atoms with van der Waals surface area (Å²) in [5, 5.41) is 2.12. The molecule has 0 bridgehead atoms. The van der Waals surface area contributed by atoms with Gasteiger partial charge in [0.25, 0.3) is 0 Å². The van der Waals surface area contributed by atoms with Crippen LogP contribution in [0.25, 0.3) is 0 Å². The van der Waals surface area contributed by atoms with Crippen molar-refractivity contribution in [3.8, 4) is 0 Å². The van der Waals surface area contributed by atoms with Gasteiger partial charge in [0.05, 0.1) is 11.7 Å². The molecule has 0 amide bonds. The lowest BCUT2D eigenvalue weighted by Gasteiger charge is -2.14. The Morgan fingerprint density at radius 1 is 1.36 bits per heavy atom. The summed E-state index contributed by atoms with van der Waals surface area (Å²) < 4.78 is 0. The number of hydrogen-bond donors (Lipinski definition) is 1. The molecule has 0 spiro atoms. The number of benzene rings is 1. The van der Waals surface area contributed by atoms with Crippen molar-refractivity contribution in [1.29, 1.82) is 0 Å². The standard InChI is InChI=1S/C9H12N2/c1-7-8-5-3-4-6-9(8)10-11(7)2/h3-7,10H,1-2H3. The molecule has 1 atom stereocenters. The van der Waals surface area contributed by atoms with Crippen LogP contribution in [0.5, 0.6) is 0 Å². The maximum absolute atomic E-state index is 3.28. The normalized spacial score (nSPS) is 22.9. The van der Waals surface area contributed by atoms with Crippen LogP contribution < -0.4 is 5.43 Å². The van der Waals surface area contributed by atoms with E-state index >= 15 is 0 Å². The number of hydrazine groups is 1. The first-order valence-corrected chi connectivity index (χ1v) is 3.87. The van der Waals surface area contributed by atoms with Gasteiger partial charge in [-0.1, -0.05) is 18.2 Å². The van der Waals surface area contributed by atoms with E-state index < -0.39 is 0 Å². The maximum atomic E-state index is 3.28. The van der Waals surface area contributed by atoms with Gasteiger partial charge in [0.2, 0.25) is 0 Å². The lowest BCUT2D eigenvalue weighted by atomic mass is 10.1. The lowest BCUT2D eigenvalue weighted by molar-refractivity contribution is 0.342. The van der Waals surface area contributed by atoms with Gasteiger partial charge in [0.15, 0.2) is 0 Å². The molecule has 1 aromatic rings. The second-order valence-corrected chi connectivity index (χ2v) is 2.99. The van der Waals surface area contributed by atoms with Gasteiger partial charge in [0.1, 0.15) is 0 Å². The largest absolute Gasteiger partial charge is 0.318 e. The van der Waals surface area contributed by atoms with E-state index in [0.29, 0.717) is 6.04 Å². The average Bonchev–Trinajstić information content (AvgIpc) is 2.30. The van der Waals surface area contributed by atoms with Gasteiger partial charge >= 0.3 is 0 Å². The molecule has 58 valence electrons. The van der Waals surface area contributed by atoms with E-state index in [1.807, 2.05) is 0 Å². The van der Waals surface area contributed by atoms with Crippen molar-refractivity contribution in [2.24, 2.45) is 0 Å². The Morgan fingerprint density at radius 3 is 2.82 bits per heavy atom. The summed E-state index contributed by atoms with van der Waals surface area (Å²) in [7, 11) is 2.06. The fraction of sp³-hybridized carbons (Fsp3) is 0.333. The molecule has 2 rings (SSSR count). The van der Waals surface area contributed by atoms with Crippen LogP contribution in [0.15, 0.2) is 24.3 Å². The second-order valence-electron chi connectivity index (χ2n) is 2.99. The molecule has 2 nitrogen and oxygen atoms in total. The third kappa shape index (κ3) is 0.906. The van der Waals surface area contributed by atoms with Crippen molar-refractivity contribution in [1.82, 2.24) is 5.01 Å². The number of rotatable bonds is 0. The minimum Gasteiger partial charge on any atom is -0.318 e. The molecule has 0 aliphatic carbocycles. The number of para-hydroxylation sites is 1. The van der Waals surface area contributed by atoms with Gasteiger partial charge in [0, 0.05) is 7.05 Å². The first kappa shape index (κ1) is 6.68. The number of anilines is 1. The fourth-order valence-electron chi connectivity index (χ4n) is 1.46. The summed E-state index contributed by atoms with van der Waals surface area (Å²) in [5.74, 6) is 0. The maximum Gasteiger partial charge on any atom is 0.0538 e. The highest BCUT2D eigenvalue weighted by Crippen LogP contribution is 2.32. The van der Waals surface area contributed by atoms with E-state index in [4.69, 9.17) is 0 Å². The molecule has 0 saturated heterocycles. The summed E-state index contributed by atoms with van der Waals surface area (Å²) in [6, 6.07) is 8.89. The zero-order valence-electron chi connectivity index (χ0n) is 6.83. The summed E-state index contributed by atoms with van der Waals surface area (Å²) in [4.78, 5) is 0. The highest BCUT2D eigenvalue weighted by Gasteiger charge is 2.21. The van der Waals surface area contributed by atoms with E-state index in [9.17, 15) is 0 Å². The third-order valence-electron chi connectivity index (χ3n) is 2.29. The molecule has 1 aromatic carbocycles. The molecule has 1 unspecified atom stereocenters. The van der Waals surface area contributed by atoms with Crippen LogP contribution in [0.3, 0.4) is 0 Å². The topological polar surface area (TPSA) is 15.3 Å². The van der Waals surface area contributed by atoms with Gasteiger partial charge in [-0.3, -0.25) is 0 Å². The van der Waals surface area contributed by atoms with Gasteiger partial charge < -0.3 is 5.43 Å². The van der Waals surface area contributed by atoms with E-state index in [1.54, 1.807) is 0 Å². The van der Waals surface area contributed by atoms with Crippen LogP contribution in [0.4, 0.5) is 5.69 Å². The molecular weight excluding hydrogens is 136 g/mol. The Morgan fingerprint density at radius 2 is 2.09 bits per heavy atom. The van der Waals surface area contributed by atoms with Crippen LogP contribution in [0, 0.1) is 0 Å². The number of fused-ring (bicyclic) bond motifs is 1. The van der Waals surface area contributed by atoms with E-state index in [1.165, 1.54) is 11.3 Å². The van der Waals surface area contributed by atoms with Crippen LogP contribution in [0.2, 0.25) is 0 Å². The first-order chi connectivity index (χ1) is 5.29. The Labute approximate surface area is 66.8 Å². The summed E-state index contributed by atoms with van der Waals surface area (Å²) >= 11 is 0. The van der Waals surface area contributed by atoms with E-state index in [-0.39, 0.29) is 0 Å². The van der Waals surface area contributed by atoms with Gasteiger partial charge in [-0.2, -0.15) is 0 Å². The van der Waals surface area contributed by atoms with Crippen LogP contribution in [-0.2, 0) is 0 Å². The average molecular weight is 148 g/mol. The molecule has 0 aromatic heterocycles. The van der Waals surface area contributed by atoms with E-state index in [2.05, 4.69) is 48.7 Å². The molecule has 2 heteroatoms. The molecule has 1 aliphatic heterocycles. The van der Waals surface area contributed by atoms with Crippen LogP contribution in [0.1, 0.15) is 18.5 Å². The Hall–Kier alpha value is -1.02. The van der Waals surface area contributed by atoms with Gasteiger partial charge in [-0.25, -0.2) is 5.01 Å². The van der Waals surface area contributed by atoms with Crippen molar-refractivity contribution in [3.05, 3.63) is 29.8 Å².